The van der Waals surface area contributed by atoms with Gasteiger partial charge in [0.25, 0.3) is 0 Å². The van der Waals surface area contributed by atoms with Gasteiger partial charge < -0.3 is 15.8 Å². The van der Waals surface area contributed by atoms with Crippen molar-refractivity contribution in [1.82, 2.24) is 5.32 Å². The van der Waals surface area contributed by atoms with E-state index in [4.69, 9.17) is 10.5 Å². The molecule has 5 heteroatoms. The van der Waals surface area contributed by atoms with Crippen molar-refractivity contribution in [1.29, 1.82) is 0 Å². The number of ether oxygens (including phenoxy) is 1. The van der Waals surface area contributed by atoms with E-state index in [9.17, 15) is 4.79 Å². The summed E-state index contributed by atoms with van der Waals surface area (Å²) in [5, 5.41) is 2.97. The normalized spacial score (nSPS) is 19.1. The minimum atomic E-state index is -0.416. The Kier molecular flexibility index (Phi) is 8.57. The predicted octanol–water partition coefficient (Wildman–Crippen LogP) is 1.86. The van der Waals surface area contributed by atoms with Gasteiger partial charge in [0.05, 0.1) is 6.04 Å². The highest BCUT2D eigenvalue weighted by Crippen LogP contribution is 2.40. The minimum absolute atomic E-state index is 0. The molecule has 18 heavy (non-hydrogen) atoms. The van der Waals surface area contributed by atoms with E-state index >= 15 is 0 Å². The van der Waals surface area contributed by atoms with E-state index in [0.29, 0.717) is 0 Å². The Morgan fingerprint density at radius 1 is 1.44 bits per heavy atom. The lowest BCUT2D eigenvalue weighted by Gasteiger charge is -2.29. The summed E-state index contributed by atoms with van der Waals surface area (Å²) in [5.41, 5.74) is 5.80. The van der Waals surface area contributed by atoms with Gasteiger partial charge in [-0.15, -0.1) is 12.4 Å². The zero-order valence-electron chi connectivity index (χ0n) is 11.5. The van der Waals surface area contributed by atoms with E-state index in [2.05, 4.69) is 5.32 Å². The molecule has 0 bridgehead atoms. The van der Waals surface area contributed by atoms with Crippen LogP contribution in [-0.2, 0) is 9.53 Å². The smallest absolute Gasteiger partial charge is 0.236 e. The molecule has 0 aliphatic heterocycles. The number of carbonyl (C=O) groups excluding carboxylic acids is 1. The first-order valence-electron chi connectivity index (χ1n) is 6.71. The van der Waals surface area contributed by atoms with E-state index in [1.54, 1.807) is 6.92 Å². The van der Waals surface area contributed by atoms with E-state index in [0.717, 1.165) is 26.2 Å². The van der Waals surface area contributed by atoms with Gasteiger partial charge in [-0.2, -0.15) is 0 Å². The molecule has 0 aromatic carbocycles. The van der Waals surface area contributed by atoms with Crippen molar-refractivity contribution in [2.75, 3.05) is 19.8 Å². The Morgan fingerprint density at radius 2 is 2.06 bits per heavy atom. The Hall–Kier alpha value is -0.320. The van der Waals surface area contributed by atoms with Gasteiger partial charge in [0.1, 0.15) is 0 Å². The highest BCUT2D eigenvalue weighted by Gasteiger charge is 2.33. The highest BCUT2D eigenvalue weighted by molar-refractivity contribution is 5.85. The molecule has 1 fully saturated rings. The zero-order valence-corrected chi connectivity index (χ0v) is 12.4. The Bertz CT molecular complexity index is 241. The van der Waals surface area contributed by atoms with Crippen LogP contribution in [0.25, 0.3) is 0 Å². The van der Waals surface area contributed by atoms with Crippen LogP contribution in [0.5, 0.6) is 0 Å². The summed E-state index contributed by atoms with van der Waals surface area (Å²) in [7, 11) is 0. The Balaban J connectivity index is 0.00000289. The number of amides is 1. The first-order valence-corrected chi connectivity index (χ1v) is 6.71. The van der Waals surface area contributed by atoms with Crippen LogP contribution in [-0.4, -0.2) is 31.7 Å². The van der Waals surface area contributed by atoms with Crippen molar-refractivity contribution in [2.24, 2.45) is 11.1 Å². The quantitative estimate of drug-likeness (QED) is 0.699. The summed E-state index contributed by atoms with van der Waals surface area (Å²) in [5.74, 6) is -0.0484. The molecule has 0 aromatic rings. The molecule has 0 saturated heterocycles. The average Bonchev–Trinajstić information content (AvgIpc) is 2.75. The molecule has 108 valence electrons. The lowest BCUT2D eigenvalue weighted by molar-refractivity contribution is -0.122. The maximum Gasteiger partial charge on any atom is 0.236 e. The number of carbonyl (C=O) groups is 1. The van der Waals surface area contributed by atoms with Crippen LogP contribution in [0.1, 0.15) is 46.0 Å². The molecule has 1 aliphatic carbocycles. The van der Waals surface area contributed by atoms with Gasteiger partial charge in [-0.1, -0.05) is 12.8 Å². The van der Waals surface area contributed by atoms with Crippen molar-refractivity contribution in [2.45, 2.75) is 52.0 Å². The van der Waals surface area contributed by atoms with Crippen molar-refractivity contribution < 1.29 is 9.53 Å². The number of hydrogen-bond donors (Lipinski definition) is 2. The van der Waals surface area contributed by atoms with Crippen LogP contribution < -0.4 is 11.1 Å². The maximum atomic E-state index is 11.5. The fourth-order valence-corrected chi connectivity index (χ4v) is 2.51. The van der Waals surface area contributed by atoms with Crippen LogP contribution in [0, 0.1) is 5.41 Å². The highest BCUT2D eigenvalue weighted by atomic mass is 35.5. The van der Waals surface area contributed by atoms with Gasteiger partial charge >= 0.3 is 0 Å². The number of nitrogens with two attached hydrogens (primary N) is 1. The summed E-state index contributed by atoms with van der Waals surface area (Å²) < 4.78 is 5.44. The standard InChI is InChI=1S/C13H26N2O2.ClH/c1-3-17-9-8-13(6-4-5-7-13)10-15-12(16)11(2)14;/h11H,3-10,14H2,1-2H3,(H,15,16);1H/t11-;/m0./s1. The molecule has 1 aliphatic rings. The van der Waals surface area contributed by atoms with Crippen molar-refractivity contribution in [3.63, 3.8) is 0 Å². The maximum absolute atomic E-state index is 11.5. The summed E-state index contributed by atoms with van der Waals surface area (Å²) in [4.78, 5) is 11.5. The fraction of sp³-hybridized carbons (Fsp3) is 0.923. The first-order chi connectivity index (χ1) is 8.09. The van der Waals surface area contributed by atoms with Gasteiger partial charge in [0.15, 0.2) is 0 Å². The molecule has 0 aromatic heterocycles. The average molecular weight is 279 g/mol. The number of halogens is 1. The minimum Gasteiger partial charge on any atom is -0.382 e. The second kappa shape index (κ2) is 8.73. The van der Waals surface area contributed by atoms with Crippen LogP contribution in [0.2, 0.25) is 0 Å². The molecule has 3 N–H and O–H groups in total. The molecule has 4 nitrogen and oxygen atoms in total. The molecule has 0 unspecified atom stereocenters. The van der Waals surface area contributed by atoms with Gasteiger partial charge in [-0.05, 0) is 38.5 Å². The molecule has 1 atom stereocenters. The van der Waals surface area contributed by atoms with Crippen LogP contribution >= 0.6 is 12.4 Å². The molecule has 1 saturated carbocycles. The second-order valence-corrected chi connectivity index (χ2v) is 5.16. The second-order valence-electron chi connectivity index (χ2n) is 5.16. The first kappa shape index (κ1) is 17.7. The third-order valence-electron chi connectivity index (χ3n) is 3.70. The van der Waals surface area contributed by atoms with Gasteiger partial charge in [0.2, 0.25) is 5.91 Å². The summed E-state index contributed by atoms with van der Waals surface area (Å²) in [6.07, 6.45) is 5.96. The van der Waals surface area contributed by atoms with Crippen LogP contribution in [0.15, 0.2) is 0 Å². The fourth-order valence-electron chi connectivity index (χ4n) is 2.51. The van der Waals surface area contributed by atoms with Gasteiger partial charge in [-0.3, -0.25) is 4.79 Å². The Labute approximate surface area is 116 Å². The van der Waals surface area contributed by atoms with E-state index in [1.807, 2.05) is 6.92 Å². The summed E-state index contributed by atoms with van der Waals surface area (Å²) in [6.45, 7) is 6.04. The molecule has 1 amide bonds. The number of rotatable bonds is 7. The van der Waals surface area contributed by atoms with Gasteiger partial charge in [-0.25, -0.2) is 0 Å². The third-order valence-corrected chi connectivity index (χ3v) is 3.70. The summed E-state index contributed by atoms with van der Waals surface area (Å²) >= 11 is 0. The zero-order chi connectivity index (χ0) is 12.7. The van der Waals surface area contributed by atoms with Crippen LogP contribution in [0.4, 0.5) is 0 Å². The molecular formula is C13H27ClN2O2. The number of nitrogens with one attached hydrogen (secondary N) is 1. The third kappa shape index (κ3) is 5.55. The molecule has 0 radical (unpaired) electrons. The van der Waals surface area contributed by atoms with E-state index < -0.39 is 6.04 Å². The number of hydrogen-bond acceptors (Lipinski definition) is 3. The van der Waals surface area contributed by atoms with Gasteiger partial charge in [0, 0.05) is 19.8 Å². The lowest BCUT2D eigenvalue weighted by atomic mass is 9.83. The molecule has 0 heterocycles. The molecule has 1 rings (SSSR count). The Morgan fingerprint density at radius 3 is 2.56 bits per heavy atom. The lowest BCUT2D eigenvalue weighted by Crippen LogP contribution is -2.43. The van der Waals surface area contributed by atoms with Crippen molar-refractivity contribution in [3.8, 4) is 0 Å². The predicted molar refractivity (Wildman–Crippen MR) is 75.9 cm³/mol. The SMILES string of the molecule is CCOCCC1(CNC(=O)[C@H](C)N)CCCC1.Cl. The van der Waals surface area contributed by atoms with Crippen molar-refractivity contribution >= 4 is 18.3 Å². The van der Waals surface area contributed by atoms with Crippen molar-refractivity contribution in [3.05, 3.63) is 0 Å². The van der Waals surface area contributed by atoms with Crippen LogP contribution in [0.3, 0.4) is 0 Å². The monoisotopic (exact) mass is 278 g/mol. The molecule has 0 spiro atoms. The topological polar surface area (TPSA) is 64.3 Å². The molecular weight excluding hydrogens is 252 g/mol. The largest absolute Gasteiger partial charge is 0.382 e. The summed E-state index contributed by atoms with van der Waals surface area (Å²) in [6, 6.07) is -0.416. The van der Waals surface area contributed by atoms with E-state index in [1.165, 1.54) is 25.7 Å². The van der Waals surface area contributed by atoms with E-state index in [-0.39, 0.29) is 23.7 Å².